The van der Waals surface area contributed by atoms with Gasteiger partial charge in [-0.05, 0) is 36.2 Å². The van der Waals surface area contributed by atoms with Gasteiger partial charge in [0.2, 0.25) is 17.7 Å². The number of hydrogen-bond donors (Lipinski definition) is 3. The highest BCUT2D eigenvalue weighted by Crippen LogP contribution is 2.13. The Morgan fingerprint density at radius 1 is 1.00 bits per heavy atom. The Morgan fingerprint density at radius 2 is 1.68 bits per heavy atom. The first-order valence-electron chi connectivity index (χ1n) is 9.47. The molecule has 0 radical (unpaired) electrons. The molecule has 3 amide bonds. The van der Waals surface area contributed by atoms with Crippen LogP contribution in [0.25, 0.3) is 0 Å². The summed E-state index contributed by atoms with van der Waals surface area (Å²) in [4.78, 5) is 36.1. The van der Waals surface area contributed by atoms with Gasteiger partial charge < -0.3 is 16.4 Å². The van der Waals surface area contributed by atoms with Crippen molar-refractivity contribution in [3.8, 4) is 0 Å². The van der Waals surface area contributed by atoms with Crippen molar-refractivity contribution in [2.24, 2.45) is 5.73 Å². The van der Waals surface area contributed by atoms with Gasteiger partial charge in [0, 0.05) is 13.3 Å². The van der Waals surface area contributed by atoms with E-state index in [0.717, 1.165) is 0 Å². The maximum absolute atomic E-state index is 13.4. The van der Waals surface area contributed by atoms with E-state index >= 15 is 0 Å². The zero-order valence-corrected chi connectivity index (χ0v) is 17.7. The summed E-state index contributed by atoms with van der Waals surface area (Å²) >= 11 is 0. The van der Waals surface area contributed by atoms with Gasteiger partial charge >= 0.3 is 0 Å². The standard InChI is InChI=1S/C21H24FN3O5S/c1-14(26)24-19(13-15-6-5-7-16(22)12-15)21(28)25-18(20(23)27)10-11-31(29,30)17-8-3-2-4-9-17/h2-9,12,18-19H,10-11,13H2,1H3,(H2,23,27)(H,24,26)(H,25,28)/t18-,19+/m0/s1. The van der Waals surface area contributed by atoms with Crippen LogP contribution in [0.15, 0.2) is 59.5 Å². The number of sulfone groups is 1. The summed E-state index contributed by atoms with van der Waals surface area (Å²) in [6.45, 7) is 1.21. The largest absolute Gasteiger partial charge is 0.368 e. The third kappa shape index (κ3) is 7.49. The highest BCUT2D eigenvalue weighted by atomic mass is 32.2. The van der Waals surface area contributed by atoms with Crippen molar-refractivity contribution in [3.05, 3.63) is 66.0 Å². The number of halogens is 1. The first-order chi connectivity index (χ1) is 14.6. The van der Waals surface area contributed by atoms with Gasteiger partial charge in [0.1, 0.15) is 17.9 Å². The minimum Gasteiger partial charge on any atom is -0.368 e. The van der Waals surface area contributed by atoms with Gasteiger partial charge in [0.15, 0.2) is 9.84 Å². The zero-order chi connectivity index (χ0) is 23.0. The molecule has 10 heteroatoms. The van der Waals surface area contributed by atoms with Gasteiger partial charge in [-0.15, -0.1) is 0 Å². The lowest BCUT2D eigenvalue weighted by molar-refractivity contribution is -0.130. The van der Waals surface area contributed by atoms with Crippen LogP contribution in [0.3, 0.4) is 0 Å². The van der Waals surface area contributed by atoms with Crippen LogP contribution >= 0.6 is 0 Å². The summed E-state index contributed by atoms with van der Waals surface area (Å²) < 4.78 is 38.3. The fourth-order valence-electron chi connectivity index (χ4n) is 2.93. The number of nitrogens with two attached hydrogens (primary N) is 1. The molecular formula is C21H24FN3O5S. The van der Waals surface area contributed by atoms with Crippen LogP contribution in [0.5, 0.6) is 0 Å². The van der Waals surface area contributed by atoms with Crippen molar-refractivity contribution in [2.45, 2.75) is 36.7 Å². The van der Waals surface area contributed by atoms with E-state index in [2.05, 4.69) is 10.6 Å². The maximum atomic E-state index is 13.4. The molecule has 2 rings (SSSR count). The van der Waals surface area contributed by atoms with Crippen molar-refractivity contribution in [1.82, 2.24) is 10.6 Å². The van der Waals surface area contributed by atoms with Gasteiger partial charge in [0.05, 0.1) is 10.6 Å². The molecule has 0 aromatic heterocycles. The van der Waals surface area contributed by atoms with Gasteiger partial charge in [-0.2, -0.15) is 0 Å². The average Bonchev–Trinajstić information content (AvgIpc) is 2.70. The van der Waals surface area contributed by atoms with Gasteiger partial charge in [-0.1, -0.05) is 30.3 Å². The monoisotopic (exact) mass is 449 g/mol. The lowest BCUT2D eigenvalue weighted by Gasteiger charge is -2.21. The minimum absolute atomic E-state index is 0.0308. The maximum Gasteiger partial charge on any atom is 0.243 e. The second-order valence-electron chi connectivity index (χ2n) is 6.97. The number of nitrogens with one attached hydrogen (secondary N) is 2. The molecule has 0 heterocycles. The molecule has 0 unspecified atom stereocenters. The molecule has 166 valence electrons. The summed E-state index contributed by atoms with van der Waals surface area (Å²) in [5.41, 5.74) is 5.80. The lowest BCUT2D eigenvalue weighted by atomic mass is 10.0. The molecule has 0 bridgehead atoms. The summed E-state index contributed by atoms with van der Waals surface area (Å²) in [5.74, 6) is -3.07. The Kier molecular flexibility index (Phi) is 8.26. The fraction of sp³-hybridized carbons (Fsp3) is 0.286. The minimum atomic E-state index is -3.69. The number of hydrogen-bond acceptors (Lipinski definition) is 5. The molecule has 0 fully saturated rings. The molecular weight excluding hydrogens is 425 g/mol. The van der Waals surface area contributed by atoms with E-state index in [1.54, 1.807) is 24.3 Å². The Labute approximate surface area is 179 Å². The molecule has 8 nitrogen and oxygen atoms in total. The average molecular weight is 450 g/mol. The summed E-state index contributed by atoms with van der Waals surface area (Å²) in [6, 6.07) is 10.8. The molecule has 0 saturated carbocycles. The van der Waals surface area contributed by atoms with Crippen LogP contribution in [0, 0.1) is 5.82 Å². The number of carbonyl (C=O) groups is 3. The zero-order valence-electron chi connectivity index (χ0n) is 16.9. The van der Waals surface area contributed by atoms with E-state index in [4.69, 9.17) is 5.73 Å². The summed E-state index contributed by atoms with van der Waals surface area (Å²) in [6.07, 6.45) is -0.276. The fourth-order valence-corrected chi connectivity index (χ4v) is 4.28. The van der Waals surface area contributed by atoms with E-state index in [0.29, 0.717) is 5.56 Å². The normalized spacial score (nSPS) is 13.1. The van der Waals surface area contributed by atoms with E-state index < -0.39 is 51.2 Å². The number of rotatable bonds is 10. The molecule has 0 spiro atoms. The van der Waals surface area contributed by atoms with Crippen LogP contribution in [-0.2, 0) is 30.6 Å². The quantitative estimate of drug-likeness (QED) is 0.491. The molecule has 31 heavy (non-hydrogen) atoms. The lowest BCUT2D eigenvalue weighted by Crippen LogP contribution is -2.53. The highest BCUT2D eigenvalue weighted by Gasteiger charge is 2.27. The van der Waals surface area contributed by atoms with Gasteiger partial charge in [-0.25, -0.2) is 12.8 Å². The van der Waals surface area contributed by atoms with Crippen LogP contribution in [0.2, 0.25) is 0 Å². The summed E-state index contributed by atoms with van der Waals surface area (Å²) in [5, 5.41) is 4.84. The number of primary amides is 1. The molecule has 0 aliphatic rings. The molecule has 0 aliphatic heterocycles. The Hall–Kier alpha value is -3.27. The molecule has 0 saturated heterocycles. The predicted octanol–water partition coefficient (Wildman–Crippen LogP) is 0.707. The van der Waals surface area contributed by atoms with Gasteiger partial charge in [-0.3, -0.25) is 14.4 Å². The van der Waals surface area contributed by atoms with E-state index in [1.807, 2.05) is 0 Å². The van der Waals surface area contributed by atoms with E-state index in [1.165, 1.54) is 37.3 Å². The molecule has 2 aromatic carbocycles. The summed E-state index contributed by atoms with van der Waals surface area (Å²) in [7, 11) is -3.69. The smallest absolute Gasteiger partial charge is 0.243 e. The first kappa shape index (κ1) is 24.0. The Bertz CT molecular complexity index is 1040. The van der Waals surface area contributed by atoms with E-state index in [9.17, 15) is 27.2 Å². The van der Waals surface area contributed by atoms with Crippen molar-refractivity contribution < 1.29 is 27.2 Å². The SMILES string of the molecule is CC(=O)N[C@H](Cc1cccc(F)c1)C(=O)N[C@@H](CCS(=O)(=O)c1ccccc1)C(N)=O. The highest BCUT2D eigenvalue weighted by molar-refractivity contribution is 7.91. The Balaban J connectivity index is 2.10. The molecule has 2 aromatic rings. The predicted molar refractivity (Wildman–Crippen MR) is 112 cm³/mol. The Morgan fingerprint density at radius 3 is 2.26 bits per heavy atom. The third-order valence-electron chi connectivity index (χ3n) is 4.46. The molecule has 2 atom stereocenters. The van der Waals surface area contributed by atoms with E-state index in [-0.39, 0.29) is 17.7 Å². The number of benzene rings is 2. The third-order valence-corrected chi connectivity index (χ3v) is 6.22. The van der Waals surface area contributed by atoms with Crippen LogP contribution < -0.4 is 16.4 Å². The number of carbonyl (C=O) groups excluding carboxylic acids is 3. The van der Waals surface area contributed by atoms with Crippen molar-refractivity contribution >= 4 is 27.6 Å². The van der Waals surface area contributed by atoms with Crippen molar-refractivity contribution in [1.29, 1.82) is 0 Å². The first-order valence-corrected chi connectivity index (χ1v) is 11.1. The van der Waals surface area contributed by atoms with Crippen LogP contribution in [-0.4, -0.2) is 44.0 Å². The molecule has 0 aliphatic carbocycles. The van der Waals surface area contributed by atoms with Crippen molar-refractivity contribution in [2.75, 3.05) is 5.75 Å². The second kappa shape index (κ2) is 10.7. The number of amides is 3. The topological polar surface area (TPSA) is 135 Å². The van der Waals surface area contributed by atoms with Gasteiger partial charge in [0.25, 0.3) is 0 Å². The van der Waals surface area contributed by atoms with Crippen molar-refractivity contribution in [3.63, 3.8) is 0 Å². The van der Waals surface area contributed by atoms with Crippen LogP contribution in [0.1, 0.15) is 18.9 Å². The van der Waals surface area contributed by atoms with Crippen LogP contribution in [0.4, 0.5) is 4.39 Å². The molecule has 4 N–H and O–H groups in total. The second-order valence-corrected chi connectivity index (χ2v) is 9.08.